The van der Waals surface area contributed by atoms with Gasteiger partial charge in [0.2, 0.25) is 5.88 Å². The monoisotopic (exact) mass is 405 g/mol. The van der Waals surface area contributed by atoms with E-state index in [1.807, 2.05) is 19.1 Å². The second kappa shape index (κ2) is 6.74. The maximum absolute atomic E-state index is 12.3. The van der Waals surface area contributed by atoms with Gasteiger partial charge in [0.15, 0.2) is 9.84 Å². The molecule has 0 amide bonds. The lowest BCUT2D eigenvalue weighted by atomic mass is 10.0. The van der Waals surface area contributed by atoms with Gasteiger partial charge in [-0.3, -0.25) is 0 Å². The molecule has 2 aromatic heterocycles. The Morgan fingerprint density at radius 1 is 1.30 bits per heavy atom. The third-order valence-electron chi connectivity index (χ3n) is 4.63. The molecule has 1 fully saturated rings. The highest BCUT2D eigenvalue weighted by Gasteiger charge is 2.27. The number of hydrogen-bond donors (Lipinski definition) is 1. The summed E-state index contributed by atoms with van der Waals surface area (Å²) in [6.45, 7) is 3.78. The summed E-state index contributed by atoms with van der Waals surface area (Å²) in [6, 6.07) is 8.84. The van der Waals surface area contributed by atoms with E-state index in [0.717, 1.165) is 11.5 Å². The highest BCUT2D eigenvalue weighted by molar-refractivity contribution is 7.90. The van der Waals surface area contributed by atoms with Gasteiger partial charge >= 0.3 is 0 Å². The van der Waals surface area contributed by atoms with E-state index in [9.17, 15) is 13.5 Å². The number of benzene rings is 1. The maximum Gasteiger partial charge on any atom is 0.249 e. The highest BCUT2D eigenvalue weighted by Crippen LogP contribution is 2.39. The summed E-state index contributed by atoms with van der Waals surface area (Å²) >= 11 is 1.14. The van der Waals surface area contributed by atoms with E-state index in [0.29, 0.717) is 46.9 Å². The molecule has 1 saturated heterocycles. The Hall–Kier alpha value is -2.23. The average Bonchev–Trinajstić information content (AvgIpc) is 3.01. The summed E-state index contributed by atoms with van der Waals surface area (Å²) in [5, 5.41) is 10.0. The predicted octanol–water partition coefficient (Wildman–Crippen LogP) is 2.69. The van der Waals surface area contributed by atoms with Gasteiger partial charge in [-0.05, 0) is 30.6 Å². The molecular formula is C18H19N3O4S2. The summed E-state index contributed by atoms with van der Waals surface area (Å²) < 4.78 is 34.9. The number of ether oxygens (including phenoxy) is 1. The molecule has 0 saturated carbocycles. The van der Waals surface area contributed by atoms with Crippen LogP contribution >= 0.6 is 11.5 Å². The Morgan fingerprint density at radius 3 is 2.81 bits per heavy atom. The van der Waals surface area contributed by atoms with E-state index in [1.165, 1.54) is 6.26 Å². The van der Waals surface area contributed by atoms with Gasteiger partial charge in [0.25, 0.3) is 0 Å². The van der Waals surface area contributed by atoms with Gasteiger partial charge in [0, 0.05) is 23.9 Å². The van der Waals surface area contributed by atoms with Crippen LogP contribution in [0.1, 0.15) is 6.92 Å². The fourth-order valence-electron chi connectivity index (χ4n) is 3.32. The standard InChI is InChI=1S/C18H19N3O4S2/c1-11-10-25-8-7-21(11)17-13(9-14-16(19-17)18(22)20-26-14)12-5-3-4-6-15(12)27(2,23)24/h3-6,9,11H,7-8,10H2,1-2H3,(H,20,22)/t11-/m1/s1. The quantitative estimate of drug-likeness (QED) is 0.716. The lowest BCUT2D eigenvalue weighted by Gasteiger charge is -2.35. The summed E-state index contributed by atoms with van der Waals surface area (Å²) in [4.78, 5) is 7.03. The molecule has 7 nitrogen and oxygen atoms in total. The zero-order valence-electron chi connectivity index (χ0n) is 14.9. The summed E-state index contributed by atoms with van der Waals surface area (Å²) in [6.07, 6.45) is 1.20. The Labute approximate surface area is 161 Å². The molecule has 1 aliphatic heterocycles. The minimum Gasteiger partial charge on any atom is -0.491 e. The van der Waals surface area contributed by atoms with E-state index in [4.69, 9.17) is 4.74 Å². The van der Waals surface area contributed by atoms with Crippen LogP contribution in [0.5, 0.6) is 5.88 Å². The molecule has 9 heteroatoms. The zero-order valence-corrected chi connectivity index (χ0v) is 16.5. The van der Waals surface area contributed by atoms with Crippen molar-refractivity contribution in [1.29, 1.82) is 0 Å². The number of morpholine rings is 1. The van der Waals surface area contributed by atoms with E-state index in [-0.39, 0.29) is 16.8 Å². The summed E-state index contributed by atoms with van der Waals surface area (Å²) in [5.74, 6) is 0.519. The number of aromatic hydroxyl groups is 1. The molecule has 1 N–H and O–H groups in total. The Bertz CT molecular complexity index is 1110. The number of hydrogen-bond acceptors (Lipinski definition) is 8. The van der Waals surface area contributed by atoms with Crippen molar-refractivity contribution in [1.82, 2.24) is 9.36 Å². The van der Waals surface area contributed by atoms with Crippen LogP contribution in [-0.2, 0) is 14.6 Å². The summed E-state index contributed by atoms with van der Waals surface area (Å²) in [7, 11) is -3.42. The van der Waals surface area contributed by atoms with Gasteiger partial charge < -0.3 is 14.7 Å². The van der Waals surface area contributed by atoms with E-state index < -0.39 is 9.84 Å². The number of rotatable bonds is 3. The molecule has 0 spiro atoms. The molecule has 4 rings (SSSR count). The second-order valence-corrected chi connectivity index (χ2v) is 9.39. The first-order valence-electron chi connectivity index (χ1n) is 8.49. The molecule has 1 atom stereocenters. The lowest BCUT2D eigenvalue weighted by molar-refractivity contribution is 0.0986. The molecular weight excluding hydrogens is 386 g/mol. The Morgan fingerprint density at radius 2 is 2.07 bits per heavy atom. The number of fused-ring (bicyclic) bond motifs is 1. The summed E-state index contributed by atoms with van der Waals surface area (Å²) in [5.41, 5.74) is 1.73. The lowest BCUT2D eigenvalue weighted by Crippen LogP contribution is -2.44. The number of aromatic nitrogens is 2. The molecule has 142 valence electrons. The fraction of sp³-hybridized carbons (Fsp3) is 0.333. The van der Waals surface area contributed by atoms with Crippen LogP contribution in [-0.4, -0.2) is 54.9 Å². The van der Waals surface area contributed by atoms with Crippen LogP contribution in [0, 0.1) is 0 Å². The number of nitrogens with zero attached hydrogens (tertiary/aromatic N) is 3. The van der Waals surface area contributed by atoms with Crippen molar-refractivity contribution in [2.45, 2.75) is 17.9 Å². The van der Waals surface area contributed by atoms with Gasteiger partial charge in [-0.1, -0.05) is 18.2 Å². The number of pyridine rings is 1. The first-order chi connectivity index (χ1) is 12.9. The first-order valence-corrected chi connectivity index (χ1v) is 11.2. The molecule has 0 radical (unpaired) electrons. The Balaban J connectivity index is 2.01. The maximum atomic E-state index is 12.3. The molecule has 3 heterocycles. The van der Waals surface area contributed by atoms with Crippen molar-refractivity contribution in [2.75, 3.05) is 30.9 Å². The van der Waals surface area contributed by atoms with Crippen molar-refractivity contribution < 1.29 is 18.3 Å². The zero-order chi connectivity index (χ0) is 19.2. The minimum absolute atomic E-state index is 0.0709. The SMILES string of the molecule is C[C@@H]1COCCN1c1nc2c(O)nsc2cc1-c1ccccc1S(C)(=O)=O. The third-order valence-corrected chi connectivity index (χ3v) is 6.55. The predicted molar refractivity (Wildman–Crippen MR) is 105 cm³/mol. The minimum atomic E-state index is -3.42. The molecule has 27 heavy (non-hydrogen) atoms. The third kappa shape index (κ3) is 3.26. The molecule has 1 aliphatic rings. The smallest absolute Gasteiger partial charge is 0.249 e. The van der Waals surface area contributed by atoms with Gasteiger partial charge in [-0.15, -0.1) is 0 Å². The van der Waals surface area contributed by atoms with Crippen molar-refractivity contribution >= 4 is 37.4 Å². The van der Waals surface area contributed by atoms with Crippen molar-refractivity contribution in [3.63, 3.8) is 0 Å². The highest BCUT2D eigenvalue weighted by atomic mass is 32.2. The molecule has 0 unspecified atom stereocenters. The number of anilines is 1. The van der Waals surface area contributed by atoms with Crippen LogP contribution in [0.4, 0.5) is 5.82 Å². The van der Waals surface area contributed by atoms with Crippen LogP contribution < -0.4 is 4.90 Å². The van der Waals surface area contributed by atoms with E-state index in [2.05, 4.69) is 14.3 Å². The van der Waals surface area contributed by atoms with E-state index in [1.54, 1.807) is 18.2 Å². The van der Waals surface area contributed by atoms with Crippen LogP contribution in [0.15, 0.2) is 35.2 Å². The largest absolute Gasteiger partial charge is 0.491 e. The van der Waals surface area contributed by atoms with Gasteiger partial charge in [0.1, 0.15) is 11.3 Å². The van der Waals surface area contributed by atoms with Crippen molar-refractivity contribution in [2.24, 2.45) is 0 Å². The molecule has 0 aliphatic carbocycles. The normalized spacial score (nSPS) is 18.1. The molecule has 1 aromatic carbocycles. The van der Waals surface area contributed by atoms with Crippen LogP contribution in [0.2, 0.25) is 0 Å². The second-order valence-electron chi connectivity index (χ2n) is 6.60. The van der Waals surface area contributed by atoms with Gasteiger partial charge in [-0.2, -0.15) is 4.37 Å². The van der Waals surface area contributed by atoms with Crippen molar-refractivity contribution in [3.05, 3.63) is 30.3 Å². The topological polar surface area (TPSA) is 92.6 Å². The van der Waals surface area contributed by atoms with Gasteiger partial charge in [-0.25, -0.2) is 13.4 Å². The molecule has 3 aromatic rings. The van der Waals surface area contributed by atoms with Crippen LogP contribution in [0.25, 0.3) is 21.3 Å². The van der Waals surface area contributed by atoms with Crippen LogP contribution in [0.3, 0.4) is 0 Å². The fourth-order valence-corrected chi connectivity index (χ4v) is 4.89. The average molecular weight is 406 g/mol. The Kier molecular flexibility index (Phi) is 4.53. The first kappa shape index (κ1) is 18.1. The molecule has 0 bridgehead atoms. The number of sulfone groups is 1. The van der Waals surface area contributed by atoms with E-state index >= 15 is 0 Å². The van der Waals surface area contributed by atoms with Crippen molar-refractivity contribution in [3.8, 4) is 17.0 Å². The van der Waals surface area contributed by atoms with Gasteiger partial charge in [0.05, 0.1) is 28.9 Å².